The minimum Gasteiger partial charge on any atom is -0.397 e. The number of likely N-dealkylation sites (N-methyl/N-ethyl adjacent to an activating group) is 1. The monoisotopic (exact) mass is 369 g/mol. The summed E-state index contributed by atoms with van der Waals surface area (Å²) in [4.78, 5) is 24.3. The molecule has 0 aliphatic heterocycles. The Bertz CT molecular complexity index is 699. The van der Waals surface area contributed by atoms with Gasteiger partial charge in [0.15, 0.2) is 0 Å². The number of nitrogens with one attached hydrogen (secondary N) is 2. The maximum atomic E-state index is 12.3. The second-order valence-electron chi connectivity index (χ2n) is 4.58. The van der Waals surface area contributed by atoms with Crippen molar-refractivity contribution in [2.75, 3.05) is 12.3 Å². The fourth-order valence-electron chi connectivity index (χ4n) is 1.91. The zero-order valence-corrected chi connectivity index (χ0v) is 14.1. The molecule has 4 N–H and O–H groups in total. The lowest BCUT2D eigenvalue weighted by Gasteiger charge is -2.12. The van der Waals surface area contributed by atoms with Crippen LogP contribution < -0.4 is 16.4 Å². The maximum Gasteiger partial charge on any atom is 0.264 e. The molecule has 21 heavy (non-hydrogen) atoms. The van der Waals surface area contributed by atoms with E-state index in [2.05, 4.69) is 26.6 Å². The summed E-state index contributed by atoms with van der Waals surface area (Å²) in [7, 11) is 0. The van der Waals surface area contributed by atoms with E-state index in [1.165, 1.54) is 11.3 Å². The molecule has 5 nitrogen and oxygen atoms in total. The van der Waals surface area contributed by atoms with Gasteiger partial charge in [-0.05, 0) is 26.0 Å². The van der Waals surface area contributed by atoms with Crippen LogP contribution in [0.5, 0.6) is 0 Å². The van der Waals surface area contributed by atoms with E-state index in [4.69, 9.17) is 5.73 Å². The zero-order chi connectivity index (χ0) is 15.6. The van der Waals surface area contributed by atoms with Crippen LogP contribution in [0.4, 0.5) is 5.69 Å². The Labute approximate surface area is 135 Å². The number of thiophene rings is 1. The van der Waals surface area contributed by atoms with E-state index >= 15 is 0 Å². The summed E-state index contributed by atoms with van der Waals surface area (Å²) in [5.74, 6) is -0.545. The molecule has 1 atom stereocenters. The summed E-state index contributed by atoms with van der Waals surface area (Å²) in [6, 6.07) is 5.06. The molecule has 1 aromatic carbocycles. The number of amides is 2. The Morgan fingerprint density at radius 2 is 2.14 bits per heavy atom. The molecule has 0 saturated heterocycles. The molecule has 0 fully saturated rings. The predicted molar refractivity (Wildman–Crippen MR) is 89.5 cm³/mol. The van der Waals surface area contributed by atoms with Crippen molar-refractivity contribution >= 4 is 54.9 Å². The smallest absolute Gasteiger partial charge is 0.264 e. The molecule has 2 amide bonds. The van der Waals surface area contributed by atoms with Gasteiger partial charge in [0.05, 0.1) is 5.69 Å². The van der Waals surface area contributed by atoms with Crippen LogP contribution in [0.3, 0.4) is 0 Å². The van der Waals surface area contributed by atoms with Crippen LogP contribution in [0, 0.1) is 0 Å². The van der Waals surface area contributed by atoms with Crippen LogP contribution in [0.2, 0.25) is 0 Å². The molecule has 0 spiro atoms. The molecule has 1 aromatic heterocycles. The highest BCUT2D eigenvalue weighted by Crippen LogP contribution is 2.35. The Balaban J connectivity index is 2.23. The molecule has 0 bridgehead atoms. The topological polar surface area (TPSA) is 84.2 Å². The van der Waals surface area contributed by atoms with Gasteiger partial charge in [0.2, 0.25) is 5.91 Å². The standard InChI is InChI=1S/C14H16BrN3O2S/c1-3-17-13(19)7(2)18-14(20)12-11(16)9-5-4-8(15)6-10(9)21-12/h4-7H,3,16H2,1-2H3,(H,17,19)(H,18,20). The van der Waals surface area contributed by atoms with Crippen molar-refractivity contribution in [1.29, 1.82) is 0 Å². The van der Waals surface area contributed by atoms with E-state index in [-0.39, 0.29) is 11.8 Å². The first-order valence-corrected chi connectivity index (χ1v) is 8.11. The van der Waals surface area contributed by atoms with Crippen LogP contribution in [-0.2, 0) is 4.79 Å². The van der Waals surface area contributed by atoms with E-state index in [0.717, 1.165) is 14.6 Å². The van der Waals surface area contributed by atoms with Crippen LogP contribution in [0.1, 0.15) is 23.5 Å². The van der Waals surface area contributed by atoms with E-state index < -0.39 is 6.04 Å². The lowest BCUT2D eigenvalue weighted by molar-refractivity contribution is -0.122. The SMILES string of the molecule is CCNC(=O)C(C)NC(=O)c1sc2cc(Br)ccc2c1N. The summed E-state index contributed by atoms with van der Waals surface area (Å²) < 4.78 is 1.86. The van der Waals surface area contributed by atoms with Crippen LogP contribution in [0.15, 0.2) is 22.7 Å². The second kappa shape index (κ2) is 6.44. The zero-order valence-electron chi connectivity index (χ0n) is 11.7. The first-order valence-electron chi connectivity index (χ1n) is 6.50. The highest BCUT2D eigenvalue weighted by molar-refractivity contribution is 9.10. The first kappa shape index (κ1) is 15.8. The van der Waals surface area contributed by atoms with Gasteiger partial charge in [0.25, 0.3) is 5.91 Å². The average Bonchev–Trinajstić information content (AvgIpc) is 2.75. The van der Waals surface area contributed by atoms with E-state index in [0.29, 0.717) is 17.1 Å². The molecule has 0 aliphatic rings. The number of nitrogens with two attached hydrogens (primary N) is 1. The number of hydrogen-bond donors (Lipinski definition) is 3. The summed E-state index contributed by atoms with van der Waals surface area (Å²) >= 11 is 4.71. The summed E-state index contributed by atoms with van der Waals surface area (Å²) in [5, 5.41) is 6.17. The lowest BCUT2D eigenvalue weighted by atomic mass is 10.2. The van der Waals surface area contributed by atoms with Gasteiger partial charge in [0.1, 0.15) is 10.9 Å². The van der Waals surface area contributed by atoms with Gasteiger partial charge in [0, 0.05) is 21.1 Å². The molecule has 0 radical (unpaired) electrons. The number of carbonyl (C=O) groups is 2. The molecular weight excluding hydrogens is 354 g/mol. The number of carbonyl (C=O) groups excluding carboxylic acids is 2. The van der Waals surface area contributed by atoms with Crippen LogP contribution >= 0.6 is 27.3 Å². The van der Waals surface area contributed by atoms with Gasteiger partial charge in [-0.15, -0.1) is 11.3 Å². The second-order valence-corrected chi connectivity index (χ2v) is 6.54. The van der Waals surface area contributed by atoms with Gasteiger partial charge in [-0.3, -0.25) is 9.59 Å². The highest BCUT2D eigenvalue weighted by atomic mass is 79.9. The van der Waals surface area contributed by atoms with Crippen molar-refractivity contribution in [3.8, 4) is 0 Å². The van der Waals surface area contributed by atoms with Crippen LogP contribution in [0.25, 0.3) is 10.1 Å². The molecule has 2 rings (SSSR count). The summed E-state index contributed by atoms with van der Waals surface area (Å²) in [6.07, 6.45) is 0. The van der Waals surface area contributed by atoms with Gasteiger partial charge >= 0.3 is 0 Å². The predicted octanol–water partition coefficient (Wildman–Crippen LogP) is 2.50. The van der Waals surface area contributed by atoms with Crippen molar-refractivity contribution in [1.82, 2.24) is 10.6 Å². The van der Waals surface area contributed by atoms with Gasteiger partial charge in [-0.1, -0.05) is 22.0 Å². The largest absolute Gasteiger partial charge is 0.397 e. The quantitative estimate of drug-likeness (QED) is 0.773. The normalized spacial score (nSPS) is 12.1. The molecule has 0 saturated carbocycles. The minimum atomic E-state index is -0.603. The highest BCUT2D eigenvalue weighted by Gasteiger charge is 2.20. The van der Waals surface area contributed by atoms with Gasteiger partial charge in [-0.2, -0.15) is 0 Å². The minimum absolute atomic E-state index is 0.215. The third-order valence-electron chi connectivity index (χ3n) is 2.99. The average molecular weight is 370 g/mol. The number of anilines is 1. The summed E-state index contributed by atoms with van der Waals surface area (Å²) in [6.45, 7) is 4.00. The summed E-state index contributed by atoms with van der Waals surface area (Å²) in [5.41, 5.74) is 6.48. The van der Waals surface area contributed by atoms with Gasteiger partial charge in [-0.25, -0.2) is 0 Å². The molecular formula is C14H16BrN3O2S. The number of hydrogen-bond acceptors (Lipinski definition) is 4. The lowest BCUT2D eigenvalue weighted by Crippen LogP contribution is -2.44. The Hall–Kier alpha value is -1.60. The van der Waals surface area contributed by atoms with E-state index in [1.807, 2.05) is 25.1 Å². The van der Waals surface area contributed by atoms with Crippen molar-refractivity contribution in [2.45, 2.75) is 19.9 Å². The fraction of sp³-hybridized carbons (Fsp3) is 0.286. The van der Waals surface area contributed by atoms with Crippen molar-refractivity contribution in [3.05, 3.63) is 27.5 Å². The number of nitrogen functional groups attached to an aromatic ring is 1. The number of benzene rings is 1. The third kappa shape index (κ3) is 3.36. The maximum absolute atomic E-state index is 12.3. The van der Waals surface area contributed by atoms with Gasteiger partial charge < -0.3 is 16.4 Å². The Kier molecular flexibility index (Phi) is 4.84. The van der Waals surface area contributed by atoms with Crippen LogP contribution in [-0.4, -0.2) is 24.4 Å². The molecule has 1 heterocycles. The van der Waals surface area contributed by atoms with E-state index in [1.54, 1.807) is 6.92 Å². The molecule has 0 aliphatic carbocycles. The Morgan fingerprint density at radius 3 is 2.81 bits per heavy atom. The number of fused-ring (bicyclic) bond motifs is 1. The number of rotatable bonds is 4. The Morgan fingerprint density at radius 1 is 1.43 bits per heavy atom. The van der Waals surface area contributed by atoms with Crippen molar-refractivity contribution in [2.24, 2.45) is 0 Å². The molecule has 112 valence electrons. The fourth-order valence-corrected chi connectivity index (χ4v) is 3.49. The first-order chi connectivity index (χ1) is 9.93. The van der Waals surface area contributed by atoms with E-state index in [9.17, 15) is 9.59 Å². The number of halogens is 1. The van der Waals surface area contributed by atoms with Crippen molar-refractivity contribution < 1.29 is 9.59 Å². The van der Waals surface area contributed by atoms with Crippen molar-refractivity contribution in [3.63, 3.8) is 0 Å². The molecule has 2 aromatic rings. The molecule has 1 unspecified atom stereocenters. The third-order valence-corrected chi connectivity index (χ3v) is 4.65. The molecule has 7 heteroatoms.